The molecule has 6 nitrogen and oxygen atoms in total. The predicted octanol–water partition coefficient (Wildman–Crippen LogP) is 7.41. The van der Waals surface area contributed by atoms with E-state index in [4.69, 9.17) is 9.72 Å². The van der Waals surface area contributed by atoms with Gasteiger partial charge in [0, 0.05) is 6.04 Å². The first kappa shape index (κ1) is 30.3. The van der Waals surface area contributed by atoms with E-state index in [1.54, 1.807) is 60.4 Å². The molecular formula is C33H33F4N3O3. The first-order chi connectivity index (χ1) is 20.6. The molecule has 1 fully saturated rings. The zero-order valence-electron chi connectivity index (χ0n) is 24.0. The summed E-state index contributed by atoms with van der Waals surface area (Å²) < 4.78 is 61.3. The Morgan fingerprint density at radius 3 is 2.42 bits per heavy atom. The zero-order valence-corrected chi connectivity index (χ0v) is 24.0. The number of ether oxygens (including phenoxy) is 1. The van der Waals surface area contributed by atoms with Crippen LogP contribution in [0.1, 0.15) is 68.9 Å². The maximum atomic E-state index is 14.0. The number of alkyl halides is 3. The number of fused-ring (bicyclic) bond motifs is 1. The Labute approximate surface area is 246 Å². The van der Waals surface area contributed by atoms with Crippen LogP contribution >= 0.6 is 0 Å². The van der Waals surface area contributed by atoms with E-state index < -0.39 is 29.5 Å². The monoisotopic (exact) mass is 595 g/mol. The molecule has 0 radical (unpaired) electrons. The Hall–Kier alpha value is -4.21. The number of halogens is 4. The van der Waals surface area contributed by atoms with Crippen LogP contribution in [0.2, 0.25) is 0 Å². The van der Waals surface area contributed by atoms with Gasteiger partial charge in [-0.15, -0.1) is 0 Å². The van der Waals surface area contributed by atoms with Gasteiger partial charge in [0.15, 0.2) is 0 Å². The van der Waals surface area contributed by atoms with Crippen molar-refractivity contribution in [2.24, 2.45) is 0 Å². The molecule has 10 heteroatoms. The molecule has 1 atom stereocenters. The van der Waals surface area contributed by atoms with Gasteiger partial charge in [-0.2, -0.15) is 13.2 Å². The van der Waals surface area contributed by atoms with Gasteiger partial charge in [0.2, 0.25) is 5.91 Å². The molecule has 5 rings (SSSR count). The highest BCUT2D eigenvalue weighted by atomic mass is 19.4. The molecule has 1 saturated carbocycles. The van der Waals surface area contributed by atoms with Crippen LogP contribution in [0.25, 0.3) is 16.6 Å². The van der Waals surface area contributed by atoms with Gasteiger partial charge in [0.25, 0.3) is 5.56 Å². The summed E-state index contributed by atoms with van der Waals surface area (Å²) in [6.45, 7) is 4.15. The van der Waals surface area contributed by atoms with Crippen LogP contribution < -0.4 is 10.3 Å². The summed E-state index contributed by atoms with van der Waals surface area (Å²) in [5, 5.41) is 0.411. The predicted molar refractivity (Wildman–Crippen MR) is 156 cm³/mol. The van der Waals surface area contributed by atoms with Gasteiger partial charge in [-0.1, -0.05) is 37.5 Å². The fraction of sp³-hybridized carbons (Fsp3) is 0.364. The Bertz CT molecular complexity index is 1660. The highest BCUT2D eigenvalue weighted by Gasteiger charge is 2.36. The number of para-hydroxylation sites is 1. The normalized spacial score (nSPS) is 14.9. The molecule has 3 aromatic carbocycles. The standard InChI is InChI=1S/C33H33F4N3O3/c1-3-43-25-16-14-24(15-17-25)40-31(38-29-12-8-7-11-26(29)32(40)42)21(2)39(23-9-5-4-6-10-23)30(41)20-22-13-18-28(34)27(19-22)33(35,36)37/h7-8,11-19,21,23H,3-6,9-10,20H2,1-2H3. The van der Waals surface area contributed by atoms with Crippen LogP contribution in [0.4, 0.5) is 17.6 Å². The fourth-order valence-corrected chi connectivity index (χ4v) is 5.92. The van der Waals surface area contributed by atoms with Crippen LogP contribution in [0.5, 0.6) is 5.75 Å². The number of nitrogens with zero attached hydrogens (tertiary/aromatic N) is 3. The lowest BCUT2D eigenvalue weighted by molar-refractivity contribution is -0.140. The van der Waals surface area contributed by atoms with Gasteiger partial charge in [-0.3, -0.25) is 14.2 Å². The average molecular weight is 596 g/mol. The lowest BCUT2D eigenvalue weighted by atomic mass is 9.92. The lowest BCUT2D eigenvalue weighted by Crippen LogP contribution is -2.45. The molecule has 0 spiro atoms. The van der Waals surface area contributed by atoms with Crippen LogP contribution in [-0.2, 0) is 17.4 Å². The summed E-state index contributed by atoms with van der Waals surface area (Å²) in [7, 11) is 0. The van der Waals surface area contributed by atoms with E-state index in [9.17, 15) is 27.2 Å². The maximum absolute atomic E-state index is 14.0. The third kappa shape index (κ3) is 6.43. The molecule has 1 heterocycles. The minimum atomic E-state index is -4.89. The van der Waals surface area contributed by atoms with Crippen molar-refractivity contribution in [1.82, 2.24) is 14.5 Å². The van der Waals surface area contributed by atoms with Crippen LogP contribution in [0, 0.1) is 5.82 Å². The van der Waals surface area contributed by atoms with Crippen LogP contribution in [-0.4, -0.2) is 33.0 Å². The third-order valence-corrected chi connectivity index (χ3v) is 7.95. The molecule has 0 saturated heterocycles. The summed E-state index contributed by atoms with van der Waals surface area (Å²) in [6, 6.07) is 15.7. The van der Waals surface area contributed by atoms with Crippen molar-refractivity contribution in [3.8, 4) is 11.4 Å². The van der Waals surface area contributed by atoms with Gasteiger partial charge in [-0.25, -0.2) is 9.37 Å². The molecule has 4 aromatic rings. The van der Waals surface area contributed by atoms with Crippen molar-refractivity contribution < 1.29 is 27.1 Å². The number of amides is 1. The molecule has 43 heavy (non-hydrogen) atoms. The SMILES string of the molecule is CCOc1ccc(-n2c(C(C)N(C(=O)Cc3ccc(F)c(C(F)(F)F)c3)C3CCCCC3)nc3ccccc3c2=O)cc1. The van der Waals surface area contributed by atoms with Crippen molar-refractivity contribution in [3.63, 3.8) is 0 Å². The van der Waals surface area contributed by atoms with E-state index in [1.807, 2.05) is 6.92 Å². The summed E-state index contributed by atoms with van der Waals surface area (Å²) in [5.74, 6) is -0.832. The Kier molecular flexibility index (Phi) is 8.84. The first-order valence-electron chi connectivity index (χ1n) is 14.5. The largest absolute Gasteiger partial charge is 0.494 e. The quantitative estimate of drug-likeness (QED) is 0.199. The minimum absolute atomic E-state index is 0.0575. The van der Waals surface area contributed by atoms with Crippen molar-refractivity contribution in [2.75, 3.05) is 6.61 Å². The molecule has 1 aliphatic carbocycles. The molecule has 0 aliphatic heterocycles. The number of hydrogen-bond donors (Lipinski definition) is 0. The highest BCUT2D eigenvalue weighted by molar-refractivity contribution is 5.80. The molecular weight excluding hydrogens is 562 g/mol. The van der Waals surface area contributed by atoms with Gasteiger partial charge in [0.1, 0.15) is 17.4 Å². The summed E-state index contributed by atoms with van der Waals surface area (Å²) in [6.07, 6.45) is -1.000. The second kappa shape index (κ2) is 12.6. The molecule has 1 unspecified atom stereocenters. The highest BCUT2D eigenvalue weighted by Crippen LogP contribution is 2.34. The van der Waals surface area contributed by atoms with Gasteiger partial charge in [-0.05, 0) is 80.8 Å². The Balaban J connectivity index is 1.60. The summed E-state index contributed by atoms with van der Waals surface area (Å²) in [5.41, 5.74) is -0.641. The summed E-state index contributed by atoms with van der Waals surface area (Å²) in [4.78, 5) is 34.5. The number of carbonyl (C=O) groups excluding carboxylic acids is 1. The van der Waals surface area contributed by atoms with E-state index in [-0.39, 0.29) is 23.6 Å². The smallest absolute Gasteiger partial charge is 0.419 e. The molecule has 226 valence electrons. The molecule has 0 N–H and O–H groups in total. The van der Waals surface area contributed by atoms with E-state index >= 15 is 0 Å². The number of benzene rings is 3. The van der Waals surface area contributed by atoms with Crippen molar-refractivity contribution in [1.29, 1.82) is 0 Å². The average Bonchev–Trinajstić information content (AvgIpc) is 2.99. The van der Waals surface area contributed by atoms with Crippen LogP contribution in [0.3, 0.4) is 0 Å². The molecule has 1 aliphatic rings. The van der Waals surface area contributed by atoms with Crippen molar-refractivity contribution in [3.05, 3.63) is 99.9 Å². The van der Waals surface area contributed by atoms with E-state index in [2.05, 4.69) is 0 Å². The van der Waals surface area contributed by atoms with Crippen molar-refractivity contribution >= 4 is 16.8 Å². The lowest BCUT2D eigenvalue weighted by Gasteiger charge is -2.39. The number of aromatic nitrogens is 2. The van der Waals surface area contributed by atoms with E-state index in [1.165, 1.54) is 10.6 Å². The van der Waals surface area contributed by atoms with Gasteiger partial charge >= 0.3 is 6.18 Å². The molecule has 1 amide bonds. The number of hydrogen-bond acceptors (Lipinski definition) is 4. The summed E-state index contributed by atoms with van der Waals surface area (Å²) >= 11 is 0. The van der Waals surface area contributed by atoms with Gasteiger partial charge < -0.3 is 9.64 Å². The minimum Gasteiger partial charge on any atom is -0.494 e. The molecule has 0 bridgehead atoms. The van der Waals surface area contributed by atoms with Crippen LogP contribution in [0.15, 0.2) is 71.5 Å². The first-order valence-corrected chi connectivity index (χ1v) is 14.5. The number of rotatable bonds is 8. The second-order valence-corrected chi connectivity index (χ2v) is 10.8. The van der Waals surface area contributed by atoms with Gasteiger partial charge in [0.05, 0.1) is 41.2 Å². The second-order valence-electron chi connectivity index (χ2n) is 10.8. The molecule has 1 aromatic heterocycles. The van der Waals surface area contributed by atoms with E-state index in [0.717, 1.165) is 25.3 Å². The Morgan fingerprint density at radius 2 is 1.74 bits per heavy atom. The zero-order chi connectivity index (χ0) is 30.7. The maximum Gasteiger partial charge on any atom is 0.419 e. The number of carbonyl (C=O) groups is 1. The Morgan fingerprint density at radius 1 is 1.05 bits per heavy atom. The third-order valence-electron chi connectivity index (χ3n) is 7.95. The van der Waals surface area contributed by atoms with Crippen molar-refractivity contribution in [2.45, 2.75) is 70.6 Å². The topological polar surface area (TPSA) is 64.4 Å². The fourth-order valence-electron chi connectivity index (χ4n) is 5.92. The van der Waals surface area contributed by atoms with E-state index in [0.29, 0.717) is 53.7 Å².